The zero-order valence-corrected chi connectivity index (χ0v) is 12.7. The minimum atomic E-state index is -3.36. The molecule has 0 amide bonds. The fourth-order valence-electron chi connectivity index (χ4n) is 2.26. The molecule has 0 unspecified atom stereocenters. The van der Waals surface area contributed by atoms with Gasteiger partial charge in [0.25, 0.3) is 0 Å². The van der Waals surface area contributed by atoms with Crippen molar-refractivity contribution < 1.29 is 12.8 Å². The Morgan fingerprint density at radius 1 is 1.09 bits per heavy atom. The van der Waals surface area contributed by atoms with Gasteiger partial charge in [-0.1, -0.05) is 30.3 Å². The standard InChI is InChI=1S/C16H16N2O3S/c19-22(20,10-4-7-13-5-2-1-3-6-13)18-14-8-9-16-15(11-14)17-12-21-16/h1-3,5-6,8-9,11-12,18H,4,7,10H2. The second kappa shape index (κ2) is 6.19. The molecule has 0 bridgehead atoms. The molecular weight excluding hydrogens is 300 g/mol. The summed E-state index contributed by atoms with van der Waals surface area (Å²) in [5.74, 6) is 0.0821. The molecule has 0 spiro atoms. The van der Waals surface area contributed by atoms with Crippen LogP contribution in [0.25, 0.3) is 11.1 Å². The Kier molecular flexibility index (Phi) is 4.11. The first kappa shape index (κ1) is 14.6. The maximum atomic E-state index is 12.1. The SMILES string of the molecule is O=S(=O)(CCCc1ccccc1)Nc1ccc2ocnc2c1. The molecule has 0 saturated carbocycles. The van der Waals surface area contributed by atoms with E-state index in [1.807, 2.05) is 30.3 Å². The lowest BCUT2D eigenvalue weighted by atomic mass is 10.1. The minimum absolute atomic E-state index is 0.0821. The van der Waals surface area contributed by atoms with Gasteiger partial charge in [-0.05, 0) is 36.6 Å². The molecule has 0 aliphatic carbocycles. The average Bonchev–Trinajstić information content (AvgIpc) is 2.95. The number of fused-ring (bicyclic) bond motifs is 1. The summed E-state index contributed by atoms with van der Waals surface area (Å²) in [5, 5.41) is 0. The molecule has 0 atom stereocenters. The summed E-state index contributed by atoms with van der Waals surface area (Å²) in [7, 11) is -3.36. The fourth-order valence-corrected chi connectivity index (χ4v) is 3.38. The van der Waals surface area contributed by atoms with Crippen LogP contribution in [0.5, 0.6) is 0 Å². The van der Waals surface area contributed by atoms with E-state index in [-0.39, 0.29) is 5.75 Å². The van der Waals surface area contributed by atoms with Gasteiger partial charge in [0.15, 0.2) is 12.0 Å². The van der Waals surface area contributed by atoms with Crippen LogP contribution in [0.15, 0.2) is 59.3 Å². The number of nitrogens with zero attached hydrogens (tertiary/aromatic N) is 1. The summed E-state index contributed by atoms with van der Waals surface area (Å²) < 4.78 is 31.9. The number of hydrogen-bond donors (Lipinski definition) is 1. The van der Waals surface area contributed by atoms with Crippen LogP contribution >= 0.6 is 0 Å². The van der Waals surface area contributed by atoms with E-state index in [0.717, 1.165) is 12.0 Å². The molecule has 5 nitrogen and oxygen atoms in total. The summed E-state index contributed by atoms with van der Waals surface area (Å²) in [6.07, 6.45) is 2.65. The molecule has 1 heterocycles. The van der Waals surface area contributed by atoms with Crippen LogP contribution in [0.2, 0.25) is 0 Å². The normalized spacial score (nSPS) is 11.6. The van der Waals surface area contributed by atoms with E-state index < -0.39 is 10.0 Å². The molecule has 0 aliphatic heterocycles. The van der Waals surface area contributed by atoms with Gasteiger partial charge in [0.05, 0.1) is 11.4 Å². The van der Waals surface area contributed by atoms with Crippen molar-refractivity contribution in [3.63, 3.8) is 0 Å². The zero-order valence-electron chi connectivity index (χ0n) is 11.9. The number of benzene rings is 2. The smallest absolute Gasteiger partial charge is 0.232 e. The second-order valence-electron chi connectivity index (χ2n) is 5.04. The highest BCUT2D eigenvalue weighted by molar-refractivity contribution is 7.92. The molecule has 2 aromatic carbocycles. The second-order valence-corrected chi connectivity index (χ2v) is 6.89. The molecule has 6 heteroatoms. The maximum absolute atomic E-state index is 12.1. The molecular formula is C16H16N2O3S. The number of rotatable bonds is 6. The van der Waals surface area contributed by atoms with E-state index in [9.17, 15) is 8.42 Å². The van der Waals surface area contributed by atoms with Crippen LogP contribution in [0.1, 0.15) is 12.0 Å². The predicted octanol–water partition coefficient (Wildman–Crippen LogP) is 3.20. The van der Waals surface area contributed by atoms with Gasteiger partial charge in [0, 0.05) is 0 Å². The van der Waals surface area contributed by atoms with Crippen molar-refractivity contribution in [2.24, 2.45) is 0 Å². The monoisotopic (exact) mass is 316 g/mol. The summed E-state index contributed by atoms with van der Waals surface area (Å²) in [4.78, 5) is 4.01. The summed E-state index contributed by atoms with van der Waals surface area (Å²) in [6, 6.07) is 14.9. The van der Waals surface area contributed by atoms with E-state index in [2.05, 4.69) is 9.71 Å². The number of oxazole rings is 1. The Bertz CT molecular complexity index is 857. The molecule has 3 aromatic rings. The van der Waals surface area contributed by atoms with E-state index >= 15 is 0 Å². The van der Waals surface area contributed by atoms with E-state index in [4.69, 9.17) is 4.42 Å². The van der Waals surface area contributed by atoms with Gasteiger partial charge >= 0.3 is 0 Å². The molecule has 1 aromatic heterocycles. The first-order chi connectivity index (χ1) is 10.6. The molecule has 0 radical (unpaired) electrons. The van der Waals surface area contributed by atoms with Gasteiger partial charge in [-0.2, -0.15) is 0 Å². The number of nitrogens with one attached hydrogen (secondary N) is 1. The van der Waals surface area contributed by atoms with Crippen LogP contribution < -0.4 is 4.72 Å². The van der Waals surface area contributed by atoms with Crippen LogP contribution in [-0.4, -0.2) is 19.2 Å². The number of sulfonamides is 1. The van der Waals surface area contributed by atoms with Gasteiger partial charge in [0.1, 0.15) is 5.52 Å². The van der Waals surface area contributed by atoms with E-state index in [1.165, 1.54) is 6.39 Å². The highest BCUT2D eigenvalue weighted by Crippen LogP contribution is 2.18. The summed E-state index contributed by atoms with van der Waals surface area (Å²) >= 11 is 0. The van der Waals surface area contributed by atoms with Crippen molar-refractivity contribution in [2.75, 3.05) is 10.5 Å². The lowest BCUT2D eigenvalue weighted by molar-refractivity contribution is 0.598. The quantitative estimate of drug-likeness (QED) is 0.758. The Morgan fingerprint density at radius 3 is 2.73 bits per heavy atom. The molecule has 0 fully saturated rings. The zero-order chi connectivity index (χ0) is 15.4. The van der Waals surface area contributed by atoms with Crippen molar-refractivity contribution in [1.82, 2.24) is 4.98 Å². The first-order valence-electron chi connectivity index (χ1n) is 7.00. The molecule has 0 aliphatic rings. The Morgan fingerprint density at radius 2 is 1.91 bits per heavy atom. The van der Waals surface area contributed by atoms with Crippen molar-refractivity contribution in [3.05, 3.63) is 60.5 Å². The maximum Gasteiger partial charge on any atom is 0.232 e. The third-order valence-electron chi connectivity index (χ3n) is 3.33. The van der Waals surface area contributed by atoms with Crippen LogP contribution in [0.4, 0.5) is 5.69 Å². The highest BCUT2D eigenvalue weighted by Gasteiger charge is 2.11. The lowest BCUT2D eigenvalue weighted by Crippen LogP contribution is -2.17. The van der Waals surface area contributed by atoms with Gasteiger partial charge in [-0.3, -0.25) is 4.72 Å². The van der Waals surface area contributed by atoms with Gasteiger partial charge in [-0.15, -0.1) is 0 Å². The molecule has 1 N–H and O–H groups in total. The van der Waals surface area contributed by atoms with Crippen LogP contribution in [0.3, 0.4) is 0 Å². The average molecular weight is 316 g/mol. The fraction of sp³-hybridized carbons (Fsp3) is 0.188. The van der Waals surface area contributed by atoms with Gasteiger partial charge in [-0.25, -0.2) is 13.4 Å². The van der Waals surface area contributed by atoms with Gasteiger partial charge < -0.3 is 4.42 Å². The number of hydrogen-bond acceptors (Lipinski definition) is 4. The Hall–Kier alpha value is -2.34. The van der Waals surface area contributed by atoms with Crippen molar-refractivity contribution in [1.29, 1.82) is 0 Å². The predicted molar refractivity (Wildman–Crippen MR) is 86.2 cm³/mol. The third kappa shape index (κ3) is 3.65. The molecule has 3 rings (SSSR count). The summed E-state index contributed by atoms with van der Waals surface area (Å²) in [5.41, 5.74) is 2.90. The lowest BCUT2D eigenvalue weighted by Gasteiger charge is -2.08. The van der Waals surface area contributed by atoms with Crippen molar-refractivity contribution in [2.45, 2.75) is 12.8 Å². The van der Waals surface area contributed by atoms with Crippen molar-refractivity contribution in [3.8, 4) is 0 Å². The topological polar surface area (TPSA) is 72.2 Å². The number of aryl methyl sites for hydroxylation is 1. The number of anilines is 1. The first-order valence-corrected chi connectivity index (χ1v) is 8.65. The highest BCUT2D eigenvalue weighted by atomic mass is 32.2. The largest absolute Gasteiger partial charge is 0.443 e. The summed E-state index contributed by atoms with van der Waals surface area (Å²) in [6.45, 7) is 0. The molecule has 0 saturated heterocycles. The molecule has 22 heavy (non-hydrogen) atoms. The Labute approximate surface area is 129 Å². The van der Waals surface area contributed by atoms with Crippen LogP contribution in [0, 0.1) is 0 Å². The molecule has 114 valence electrons. The number of aromatic nitrogens is 1. The third-order valence-corrected chi connectivity index (χ3v) is 4.70. The minimum Gasteiger partial charge on any atom is -0.443 e. The van der Waals surface area contributed by atoms with Crippen molar-refractivity contribution >= 4 is 26.8 Å². The van der Waals surface area contributed by atoms with E-state index in [0.29, 0.717) is 23.2 Å². The Balaban J connectivity index is 1.60. The van der Waals surface area contributed by atoms with Gasteiger partial charge in [0.2, 0.25) is 10.0 Å². The van der Waals surface area contributed by atoms with E-state index in [1.54, 1.807) is 18.2 Å². The van der Waals surface area contributed by atoms with Crippen LogP contribution in [-0.2, 0) is 16.4 Å².